The lowest BCUT2D eigenvalue weighted by Crippen LogP contribution is -2.34. The molecule has 0 saturated carbocycles. The molecular weight excluding hydrogens is 314 g/mol. The minimum atomic E-state index is -0.498. The highest BCUT2D eigenvalue weighted by Gasteiger charge is 2.15. The van der Waals surface area contributed by atoms with E-state index in [4.69, 9.17) is 4.74 Å². The Kier molecular flexibility index (Phi) is 7.40. The summed E-state index contributed by atoms with van der Waals surface area (Å²) in [7, 11) is 0. The van der Waals surface area contributed by atoms with Gasteiger partial charge in [0.1, 0.15) is 5.60 Å². The van der Waals surface area contributed by atoms with Crippen molar-refractivity contribution >= 4 is 35.1 Å². The van der Waals surface area contributed by atoms with Gasteiger partial charge in [0.25, 0.3) is 0 Å². The highest BCUT2D eigenvalue weighted by atomic mass is 32.1. The van der Waals surface area contributed by atoms with Crippen LogP contribution >= 0.6 is 11.3 Å². The molecule has 1 heterocycles. The first-order chi connectivity index (χ1) is 10.9. The summed E-state index contributed by atoms with van der Waals surface area (Å²) in [5.74, 6) is 0.528. The van der Waals surface area contributed by atoms with Crippen molar-refractivity contribution in [3.63, 3.8) is 0 Å². The Morgan fingerprint density at radius 1 is 1.48 bits per heavy atom. The van der Waals surface area contributed by atoms with Crippen LogP contribution in [0.4, 0.5) is 9.93 Å². The standard InChI is InChI=1S/C15H23N5O2S/c1-6-7-17-12(16-5)11-10-20-13(23-11)18-8-9-19-14(21)22-15(2,3)4/h6-7,10H,5,8-9H2,1-4H3,(H,18,20)(H,19,21)/b7-6-,17-12-. The molecule has 1 aromatic heterocycles. The van der Waals surface area contributed by atoms with Crippen LogP contribution in [-0.4, -0.2) is 42.3 Å². The van der Waals surface area contributed by atoms with Crippen molar-refractivity contribution in [3.05, 3.63) is 23.3 Å². The van der Waals surface area contributed by atoms with Gasteiger partial charge in [0.2, 0.25) is 0 Å². The molecule has 0 fully saturated rings. The molecular formula is C15H23N5O2S. The Labute approximate surface area is 140 Å². The van der Waals surface area contributed by atoms with Crippen LogP contribution < -0.4 is 10.6 Å². The number of nitrogens with zero attached hydrogens (tertiary/aromatic N) is 3. The van der Waals surface area contributed by atoms with Crippen molar-refractivity contribution in [2.45, 2.75) is 33.3 Å². The van der Waals surface area contributed by atoms with Crippen LogP contribution in [0.3, 0.4) is 0 Å². The zero-order chi connectivity index (χ0) is 17.3. The van der Waals surface area contributed by atoms with Crippen LogP contribution in [0.25, 0.3) is 0 Å². The Hall–Kier alpha value is -2.22. The molecule has 0 aliphatic rings. The fourth-order valence-electron chi connectivity index (χ4n) is 1.43. The van der Waals surface area contributed by atoms with E-state index in [0.29, 0.717) is 18.9 Å². The highest BCUT2D eigenvalue weighted by Crippen LogP contribution is 2.19. The molecule has 0 aromatic carbocycles. The molecule has 0 saturated heterocycles. The summed E-state index contributed by atoms with van der Waals surface area (Å²) in [6.07, 6.45) is 4.72. The first kappa shape index (κ1) is 18.8. The van der Waals surface area contributed by atoms with Crippen molar-refractivity contribution in [1.82, 2.24) is 10.3 Å². The van der Waals surface area contributed by atoms with Crippen LogP contribution in [0.5, 0.6) is 0 Å². The van der Waals surface area contributed by atoms with Crippen LogP contribution in [-0.2, 0) is 4.74 Å². The SMILES string of the molecule is C=N/C(=N\C=C/C)c1cnc(NCCNC(=O)OC(C)(C)C)s1. The molecule has 0 spiro atoms. The monoisotopic (exact) mass is 337 g/mol. The van der Waals surface area contributed by atoms with Crippen molar-refractivity contribution in [2.24, 2.45) is 9.98 Å². The highest BCUT2D eigenvalue weighted by molar-refractivity contribution is 7.17. The predicted octanol–water partition coefficient (Wildman–Crippen LogP) is 3.06. The molecule has 0 aliphatic heterocycles. The molecule has 0 radical (unpaired) electrons. The number of hydrogen-bond donors (Lipinski definition) is 2. The Morgan fingerprint density at radius 2 is 2.22 bits per heavy atom. The zero-order valence-electron chi connectivity index (χ0n) is 13.9. The third-order valence-corrected chi connectivity index (χ3v) is 3.24. The van der Waals surface area contributed by atoms with Crippen molar-refractivity contribution < 1.29 is 9.53 Å². The fraction of sp³-hybridized carbons (Fsp3) is 0.467. The van der Waals surface area contributed by atoms with Gasteiger partial charge in [-0.25, -0.2) is 19.8 Å². The van der Waals surface area contributed by atoms with Crippen LogP contribution in [0.1, 0.15) is 32.6 Å². The van der Waals surface area contributed by atoms with Gasteiger partial charge in [-0.3, -0.25) is 0 Å². The smallest absolute Gasteiger partial charge is 0.407 e. The van der Waals surface area contributed by atoms with Gasteiger partial charge in [0, 0.05) is 19.3 Å². The van der Waals surface area contributed by atoms with E-state index < -0.39 is 11.7 Å². The van der Waals surface area contributed by atoms with Gasteiger partial charge in [-0.15, -0.1) is 0 Å². The number of ether oxygens (including phenoxy) is 1. The van der Waals surface area contributed by atoms with E-state index in [9.17, 15) is 4.79 Å². The number of amides is 1. The first-order valence-corrected chi connectivity index (χ1v) is 8.00. The van der Waals surface area contributed by atoms with E-state index in [0.717, 1.165) is 10.0 Å². The number of thiazole rings is 1. The number of rotatable bonds is 6. The van der Waals surface area contributed by atoms with Crippen molar-refractivity contribution in [1.29, 1.82) is 0 Å². The summed E-state index contributed by atoms with van der Waals surface area (Å²) in [4.78, 5) is 24.6. The number of carbonyl (C=O) groups excluding carboxylic acids is 1. The molecule has 7 nitrogen and oxygen atoms in total. The zero-order valence-corrected chi connectivity index (χ0v) is 14.7. The largest absolute Gasteiger partial charge is 0.444 e. The second-order valence-electron chi connectivity index (χ2n) is 5.48. The molecule has 23 heavy (non-hydrogen) atoms. The minimum absolute atomic E-state index is 0.434. The van der Waals surface area contributed by atoms with Crippen LogP contribution in [0.15, 0.2) is 28.5 Å². The van der Waals surface area contributed by atoms with E-state index in [1.165, 1.54) is 11.3 Å². The second kappa shape index (κ2) is 9.04. The molecule has 8 heteroatoms. The van der Waals surface area contributed by atoms with Gasteiger partial charge in [0.05, 0.1) is 11.1 Å². The number of allylic oxidation sites excluding steroid dienone is 1. The van der Waals surface area contributed by atoms with Gasteiger partial charge in [-0.2, -0.15) is 0 Å². The number of anilines is 1. The molecule has 1 amide bonds. The van der Waals surface area contributed by atoms with E-state index in [1.807, 2.05) is 33.8 Å². The Bertz CT molecular complexity index is 587. The van der Waals surface area contributed by atoms with E-state index >= 15 is 0 Å². The summed E-state index contributed by atoms with van der Waals surface area (Å²) >= 11 is 1.42. The van der Waals surface area contributed by atoms with E-state index in [2.05, 4.69) is 32.3 Å². The Balaban J connectivity index is 2.43. The van der Waals surface area contributed by atoms with E-state index in [-0.39, 0.29) is 0 Å². The van der Waals surface area contributed by atoms with Crippen LogP contribution in [0, 0.1) is 0 Å². The maximum atomic E-state index is 11.5. The summed E-state index contributed by atoms with van der Waals surface area (Å²) in [6.45, 7) is 11.8. The fourth-order valence-corrected chi connectivity index (χ4v) is 2.24. The first-order valence-electron chi connectivity index (χ1n) is 7.18. The molecule has 1 rings (SSSR count). The number of aliphatic imine (C=N–C) groups is 2. The number of carbonyl (C=O) groups is 1. The molecule has 0 atom stereocenters. The molecule has 0 unspecified atom stereocenters. The normalized spacial score (nSPS) is 12.3. The lowest BCUT2D eigenvalue weighted by molar-refractivity contribution is 0.0530. The lowest BCUT2D eigenvalue weighted by Gasteiger charge is -2.19. The van der Waals surface area contributed by atoms with Gasteiger partial charge in [-0.1, -0.05) is 17.4 Å². The molecule has 0 bridgehead atoms. The average Bonchev–Trinajstić information content (AvgIpc) is 2.91. The quantitative estimate of drug-likeness (QED) is 0.474. The van der Waals surface area contributed by atoms with Gasteiger partial charge >= 0.3 is 6.09 Å². The number of aromatic nitrogens is 1. The number of nitrogens with one attached hydrogen (secondary N) is 2. The molecule has 0 aliphatic carbocycles. The molecule has 126 valence electrons. The van der Waals surface area contributed by atoms with Gasteiger partial charge in [0.15, 0.2) is 11.0 Å². The van der Waals surface area contributed by atoms with E-state index in [1.54, 1.807) is 12.4 Å². The Morgan fingerprint density at radius 3 is 2.83 bits per heavy atom. The third-order valence-electron chi connectivity index (χ3n) is 2.29. The third kappa shape index (κ3) is 7.55. The lowest BCUT2D eigenvalue weighted by atomic mass is 10.2. The van der Waals surface area contributed by atoms with Crippen molar-refractivity contribution in [3.8, 4) is 0 Å². The second-order valence-corrected chi connectivity index (χ2v) is 6.51. The predicted molar refractivity (Wildman–Crippen MR) is 95.7 cm³/mol. The maximum absolute atomic E-state index is 11.5. The molecule has 2 N–H and O–H groups in total. The average molecular weight is 337 g/mol. The topological polar surface area (TPSA) is 88.0 Å². The van der Waals surface area contributed by atoms with Gasteiger partial charge in [-0.05, 0) is 34.4 Å². The summed E-state index contributed by atoms with van der Waals surface area (Å²) in [5.41, 5.74) is -0.498. The summed E-state index contributed by atoms with van der Waals surface area (Å²) in [5, 5.41) is 6.52. The minimum Gasteiger partial charge on any atom is -0.444 e. The van der Waals surface area contributed by atoms with Crippen molar-refractivity contribution in [2.75, 3.05) is 18.4 Å². The van der Waals surface area contributed by atoms with Gasteiger partial charge < -0.3 is 15.4 Å². The molecule has 1 aromatic rings. The maximum Gasteiger partial charge on any atom is 0.407 e. The number of alkyl carbamates (subject to hydrolysis) is 1. The number of amidine groups is 1. The van der Waals surface area contributed by atoms with Crippen LogP contribution in [0.2, 0.25) is 0 Å². The summed E-state index contributed by atoms with van der Waals surface area (Å²) in [6, 6.07) is 0. The summed E-state index contributed by atoms with van der Waals surface area (Å²) < 4.78 is 5.15. The number of hydrogen-bond acceptors (Lipinski definition) is 6.